The Hall–Kier alpha value is -1.26. The van der Waals surface area contributed by atoms with Crippen LogP contribution in [-0.2, 0) is 4.79 Å². The summed E-state index contributed by atoms with van der Waals surface area (Å²) >= 11 is 0. The largest absolute Gasteiger partial charge is 0.356 e. The van der Waals surface area contributed by atoms with Crippen LogP contribution in [0.4, 0.5) is 0 Å². The Balaban J connectivity index is 1.69. The molecule has 0 aromatic heterocycles. The Morgan fingerprint density at radius 2 is 1.78 bits per heavy atom. The van der Waals surface area contributed by atoms with Gasteiger partial charge in [-0.15, -0.1) is 0 Å². The number of nitrogens with one attached hydrogen (secondary N) is 2. The summed E-state index contributed by atoms with van der Waals surface area (Å²) in [4.78, 5) is 18.8. The number of carbonyl (C=O) groups excluding carboxylic acids is 1. The van der Waals surface area contributed by atoms with Crippen LogP contribution in [0, 0.1) is 11.8 Å². The Morgan fingerprint density at radius 1 is 1.13 bits per heavy atom. The van der Waals surface area contributed by atoms with Gasteiger partial charge in [-0.3, -0.25) is 9.79 Å². The normalized spacial score (nSPS) is 26.9. The first-order valence-electron chi connectivity index (χ1n) is 9.33. The van der Waals surface area contributed by atoms with E-state index in [4.69, 9.17) is 0 Å². The van der Waals surface area contributed by atoms with Crippen molar-refractivity contribution < 1.29 is 4.79 Å². The predicted molar refractivity (Wildman–Crippen MR) is 95.5 cm³/mol. The van der Waals surface area contributed by atoms with Gasteiger partial charge in [-0.1, -0.05) is 33.1 Å². The van der Waals surface area contributed by atoms with Crippen molar-refractivity contribution >= 4 is 11.9 Å². The van der Waals surface area contributed by atoms with Crippen LogP contribution in [0.15, 0.2) is 4.99 Å². The summed E-state index contributed by atoms with van der Waals surface area (Å²) in [5, 5.41) is 6.54. The molecule has 0 bridgehead atoms. The third kappa shape index (κ3) is 6.04. The van der Waals surface area contributed by atoms with Crippen LogP contribution in [0.2, 0.25) is 0 Å². The number of rotatable bonds is 4. The van der Waals surface area contributed by atoms with Crippen molar-refractivity contribution in [2.45, 2.75) is 64.8 Å². The van der Waals surface area contributed by atoms with Gasteiger partial charge in [0.25, 0.3) is 0 Å². The maximum absolute atomic E-state index is 12.1. The molecule has 2 N–H and O–H groups in total. The molecule has 132 valence electrons. The minimum absolute atomic E-state index is 0.167. The van der Waals surface area contributed by atoms with E-state index >= 15 is 0 Å². The number of amides is 1. The molecule has 0 spiro atoms. The molecule has 1 saturated heterocycles. The van der Waals surface area contributed by atoms with E-state index in [1.807, 2.05) is 7.05 Å². The molecule has 1 heterocycles. The molecule has 2 atom stereocenters. The lowest BCUT2D eigenvalue weighted by Gasteiger charge is -2.37. The molecule has 0 aromatic rings. The number of likely N-dealkylation sites (tertiary alicyclic amines) is 1. The molecule has 2 rings (SSSR count). The number of hydrogen-bond donors (Lipinski definition) is 2. The Morgan fingerprint density at radius 3 is 2.39 bits per heavy atom. The van der Waals surface area contributed by atoms with Crippen molar-refractivity contribution in [1.82, 2.24) is 15.5 Å². The van der Waals surface area contributed by atoms with Gasteiger partial charge in [-0.25, -0.2) is 0 Å². The van der Waals surface area contributed by atoms with E-state index in [0.717, 1.165) is 31.9 Å². The average molecular weight is 322 g/mol. The monoisotopic (exact) mass is 322 g/mol. The lowest BCUT2D eigenvalue weighted by atomic mass is 9.92. The molecule has 5 heteroatoms. The van der Waals surface area contributed by atoms with Crippen molar-refractivity contribution in [3.05, 3.63) is 0 Å². The van der Waals surface area contributed by atoms with Crippen LogP contribution in [0.25, 0.3) is 0 Å². The highest BCUT2D eigenvalue weighted by Gasteiger charge is 2.24. The zero-order valence-electron chi connectivity index (χ0n) is 15.1. The van der Waals surface area contributed by atoms with Crippen LogP contribution in [0.1, 0.15) is 58.8 Å². The van der Waals surface area contributed by atoms with Gasteiger partial charge < -0.3 is 15.5 Å². The van der Waals surface area contributed by atoms with Gasteiger partial charge >= 0.3 is 0 Å². The van der Waals surface area contributed by atoms with Gasteiger partial charge in [0.1, 0.15) is 0 Å². The number of hydrogen-bond acceptors (Lipinski definition) is 2. The fourth-order valence-corrected chi connectivity index (χ4v) is 4.00. The highest BCUT2D eigenvalue weighted by molar-refractivity contribution is 5.81. The smallest absolute Gasteiger partial charge is 0.221 e. The van der Waals surface area contributed by atoms with Crippen LogP contribution in [0.3, 0.4) is 0 Å². The van der Waals surface area contributed by atoms with E-state index in [1.165, 1.54) is 25.7 Å². The van der Waals surface area contributed by atoms with Gasteiger partial charge in [0.15, 0.2) is 5.96 Å². The van der Waals surface area contributed by atoms with Gasteiger partial charge in [-0.2, -0.15) is 0 Å². The van der Waals surface area contributed by atoms with E-state index < -0.39 is 0 Å². The van der Waals surface area contributed by atoms with Crippen molar-refractivity contribution in [2.24, 2.45) is 16.8 Å². The summed E-state index contributed by atoms with van der Waals surface area (Å²) in [7, 11) is 1.83. The number of guanidine groups is 1. The van der Waals surface area contributed by atoms with Crippen molar-refractivity contribution in [2.75, 3.05) is 26.7 Å². The summed E-state index contributed by atoms with van der Waals surface area (Å²) in [5.74, 6) is 2.51. The standard InChI is InChI=1S/C18H34N4O/c1-14-11-15(2)13-22(12-14)18(19-3)20-10-9-17(23)21-16-7-5-4-6-8-16/h14-16H,4-13H2,1-3H3,(H,19,20)(H,21,23). The molecule has 5 nitrogen and oxygen atoms in total. The number of piperidine rings is 1. The Bertz CT molecular complexity index is 394. The van der Waals surface area contributed by atoms with Crippen molar-refractivity contribution in [1.29, 1.82) is 0 Å². The van der Waals surface area contributed by atoms with Crippen molar-refractivity contribution in [3.8, 4) is 0 Å². The molecule has 2 unspecified atom stereocenters. The third-order valence-corrected chi connectivity index (χ3v) is 4.99. The zero-order valence-corrected chi connectivity index (χ0v) is 15.1. The molecule has 1 aliphatic heterocycles. The summed E-state index contributed by atoms with van der Waals surface area (Å²) < 4.78 is 0. The number of nitrogens with zero attached hydrogens (tertiary/aromatic N) is 2. The number of carbonyl (C=O) groups is 1. The first kappa shape index (κ1) is 18.1. The molecule has 2 aliphatic rings. The minimum Gasteiger partial charge on any atom is -0.356 e. The van der Waals surface area contributed by atoms with Gasteiger partial charge in [0.2, 0.25) is 5.91 Å². The minimum atomic E-state index is 0.167. The van der Waals surface area contributed by atoms with Crippen molar-refractivity contribution in [3.63, 3.8) is 0 Å². The highest BCUT2D eigenvalue weighted by Crippen LogP contribution is 2.21. The Labute approximate surface area is 141 Å². The van der Waals surface area contributed by atoms with Gasteiger partial charge in [0, 0.05) is 39.1 Å². The zero-order chi connectivity index (χ0) is 16.7. The molecule has 23 heavy (non-hydrogen) atoms. The first-order chi connectivity index (χ1) is 11.1. The van der Waals surface area contributed by atoms with Gasteiger partial charge in [-0.05, 0) is 31.1 Å². The van der Waals surface area contributed by atoms with Crippen LogP contribution in [0.5, 0.6) is 0 Å². The van der Waals surface area contributed by atoms with Crippen LogP contribution < -0.4 is 10.6 Å². The van der Waals surface area contributed by atoms with E-state index in [-0.39, 0.29) is 5.91 Å². The van der Waals surface area contributed by atoms with E-state index in [9.17, 15) is 4.79 Å². The predicted octanol–water partition coefficient (Wildman–Crippen LogP) is 2.38. The fraction of sp³-hybridized carbons (Fsp3) is 0.889. The van der Waals surface area contributed by atoms with Gasteiger partial charge in [0.05, 0.1) is 0 Å². The second-order valence-corrected chi connectivity index (χ2v) is 7.48. The third-order valence-electron chi connectivity index (χ3n) is 4.99. The van der Waals surface area contributed by atoms with Crippen LogP contribution >= 0.6 is 0 Å². The summed E-state index contributed by atoms with van der Waals surface area (Å²) in [5.41, 5.74) is 0. The average Bonchev–Trinajstić information content (AvgIpc) is 2.51. The molecular weight excluding hydrogens is 288 g/mol. The van der Waals surface area contributed by atoms with E-state index in [1.54, 1.807) is 0 Å². The summed E-state index contributed by atoms with van der Waals surface area (Å²) in [6.45, 7) is 7.36. The molecule has 1 aliphatic carbocycles. The molecule has 1 saturated carbocycles. The maximum Gasteiger partial charge on any atom is 0.221 e. The molecule has 0 aromatic carbocycles. The lowest BCUT2D eigenvalue weighted by Crippen LogP contribution is -2.49. The quantitative estimate of drug-likeness (QED) is 0.617. The fourth-order valence-electron chi connectivity index (χ4n) is 4.00. The summed E-state index contributed by atoms with van der Waals surface area (Å²) in [6.07, 6.45) is 7.92. The summed E-state index contributed by atoms with van der Waals surface area (Å²) in [6, 6.07) is 0.402. The highest BCUT2D eigenvalue weighted by atomic mass is 16.1. The van der Waals surface area contributed by atoms with E-state index in [0.29, 0.717) is 30.8 Å². The topological polar surface area (TPSA) is 56.7 Å². The molecule has 2 fully saturated rings. The molecule has 1 amide bonds. The Kier molecular flexibility index (Phi) is 7.18. The second kappa shape index (κ2) is 9.14. The maximum atomic E-state index is 12.1. The SMILES string of the molecule is CN=C(NCCC(=O)NC1CCCCC1)N1CC(C)CC(C)C1. The molecule has 0 radical (unpaired) electrons. The van der Waals surface area contributed by atoms with E-state index in [2.05, 4.69) is 34.4 Å². The number of aliphatic imine (C=N–C) groups is 1. The first-order valence-corrected chi connectivity index (χ1v) is 9.33. The van der Waals surface area contributed by atoms with Crippen LogP contribution in [-0.4, -0.2) is 49.5 Å². The lowest BCUT2D eigenvalue weighted by molar-refractivity contribution is -0.121. The second-order valence-electron chi connectivity index (χ2n) is 7.48. The molecular formula is C18H34N4O.